The number of ether oxygens (including phenoxy) is 1. The number of hydrogen-bond donors (Lipinski definition) is 1. The van der Waals surface area contributed by atoms with Gasteiger partial charge in [-0.25, -0.2) is 4.79 Å². The minimum atomic E-state index is -0.304. The summed E-state index contributed by atoms with van der Waals surface area (Å²) in [4.78, 5) is 11.8. The minimum Gasteiger partial charge on any atom is -0.457 e. The Bertz CT molecular complexity index is 506. The van der Waals surface area contributed by atoms with Crippen molar-refractivity contribution in [3.8, 4) is 0 Å². The third-order valence-electron chi connectivity index (χ3n) is 2.62. The van der Waals surface area contributed by atoms with Gasteiger partial charge in [-0.05, 0) is 29.8 Å². The number of hydrogen-bond acceptors (Lipinski definition) is 3. The third-order valence-corrected chi connectivity index (χ3v) is 2.62. The summed E-state index contributed by atoms with van der Waals surface area (Å²) in [7, 11) is 1.84. The van der Waals surface area contributed by atoms with Crippen LogP contribution in [0.4, 0.5) is 5.69 Å². The topological polar surface area (TPSA) is 38.3 Å². The first-order chi connectivity index (χ1) is 8.79. The lowest BCUT2D eigenvalue weighted by molar-refractivity contribution is 0.0473. The van der Waals surface area contributed by atoms with Gasteiger partial charge in [-0.3, -0.25) is 0 Å². The van der Waals surface area contributed by atoms with E-state index >= 15 is 0 Å². The van der Waals surface area contributed by atoms with Crippen LogP contribution in [0.15, 0.2) is 54.6 Å². The fraction of sp³-hybridized carbons (Fsp3) is 0.133. The molecule has 0 unspecified atom stereocenters. The number of benzene rings is 2. The highest BCUT2D eigenvalue weighted by Gasteiger charge is 2.06. The highest BCUT2D eigenvalue weighted by Crippen LogP contribution is 2.10. The highest BCUT2D eigenvalue weighted by molar-refractivity contribution is 5.89. The van der Waals surface area contributed by atoms with E-state index < -0.39 is 0 Å². The maximum atomic E-state index is 11.8. The molecule has 0 aliphatic rings. The van der Waals surface area contributed by atoms with Gasteiger partial charge >= 0.3 is 5.97 Å². The summed E-state index contributed by atoms with van der Waals surface area (Å²) in [5, 5.41) is 3.00. The van der Waals surface area contributed by atoms with Crippen molar-refractivity contribution in [3.05, 3.63) is 65.7 Å². The van der Waals surface area contributed by atoms with Crippen molar-refractivity contribution in [1.29, 1.82) is 0 Å². The van der Waals surface area contributed by atoms with Gasteiger partial charge in [0.15, 0.2) is 0 Å². The molecule has 2 rings (SSSR count). The van der Waals surface area contributed by atoms with Crippen LogP contribution in [0, 0.1) is 0 Å². The third kappa shape index (κ3) is 3.10. The molecule has 0 radical (unpaired) electrons. The van der Waals surface area contributed by atoms with Gasteiger partial charge in [0.05, 0.1) is 5.56 Å². The number of carbonyl (C=O) groups excluding carboxylic acids is 1. The number of anilines is 1. The van der Waals surface area contributed by atoms with E-state index in [0.717, 1.165) is 11.3 Å². The molecule has 2 aromatic carbocycles. The fourth-order valence-electron chi connectivity index (χ4n) is 1.58. The predicted octanol–water partition coefficient (Wildman–Crippen LogP) is 3.09. The van der Waals surface area contributed by atoms with Crippen molar-refractivity contribution in [2.75, 3.05) is 12.4 Å². The Labute approximate surface area is 106 Å². The standard InChI is InChI=1S/C15H15NO2/c1-16-14-9-7-13(8-10-14)15(17)18-11-12-5-3-2-4-6-12/h2-10,16H,11H2,1H3. The van der Waals surface area contributed by atoms with Crippen LogP contribution in [0.5, 0.6) is 0 Å². The molecule has 0 fully saturated rings. The minimum absolute atomic E-state index is 0.299. The normalized spacial score (nSPS) is 9.83. The SMILES string of the molecule is CNc1ccc(C(=O)OCc2ccccc2)cc1. The van der Waals surface area contributed by atoms with Crippen LogP contribution < -0.4 is 5.32 Å². The first-order valence-corrected chi connectivity index (χ1v) is 5.78. The summed E-state index contributed by atoms with van der Waals surface area (Å²) in [6, 6.07) is 16.8. The smallest absolute Gasteiger partial charge is 0.338 e. The molecule has 0 aromatic heterocycles. The van der Waals surface area contributed by atoms with E-state index in [1.807, 2.05) is 49.5 Å². The zero-order chi connectivity index (χ0) is 12.8. The molecule has 92 valence electrons. The van der Waals surface area contributed by atoms with E-state index in [2.05, 4.69) is 5.32 Å². The van der Waals surface area contributed by atoms with Crippen molar-refractivity contribution in [3.63, 3.8) is 0 Å². The fourth-order valence-corrected chi connectivity index (χ4v) is 1.58. The molecule has 0 saturated carbocycles. The molecule has 0 saturated heterocycles. The van der Waals surface area contributed by atoms with Gasteiger partial charge < -0.3 is 10.1 Å². The molecule has 18 heavy (non-hydrogen) atoms. The molecule has 0 aliphatic heterocycles. The molecule has 3 heteroatoms. The molecule has 0 bridgehead atoms. The van der Waals surface area contributed by atoms with Gasteiger partial charge in [-0.1, -0.05) is 30.3 Å². The van der Waals surface area contributed by atoms with Crippen molar-refractivity contribution >= 4 is 11.7 Å². The molecular formula is C15H15NO2. The zero-order valence-electron chi connectivity index (χ0n) is 10.2. The lowest BCUT2D eigenvalue weighted by atomic mass is 10.2. The summed E-state index contributed by atoms with van der Waals surface area (Å²) in [5.41, 5.74) is 2.51. The molecule has 0 aliphatic carbocycles. The van der Waals surface area contributed by atoms with E-state index in [1.165, 1.54) is 0 Å². The van der Waals surface area contributed by atoms with Crippen LogP contribution in [0.25, 0.3) is 0 Å². The molecule has 2 aromatic rings. The maximum absolute atomic E-state index is 11.8. The monoisotopic (exact) mass is 241 g/mol. The van der Waals surface area contributed by atoms with Crippen LogP contribution in [-0.4, -0.2) is 13.0 Å². The van der Waals surface area contributed by atoms with E-state index in [4.69, 9.17) is 4.74 Å². The average Bonchev–Trinajstić information content (AvgIpc) is 2.46. The van der Waals surface area contributed by atoms with Gasteiger partial charge in [-0.15, -0.1) is 0 Å². The second-order valence-electron chi connectivity index (χ2n) is 3.89. The first-order valence-electron chi connectivity index (χ1n) is 5.78. The Morgan fingerprint density at radius 1 is 1.06 bits per heavy atom. The summed E-state index contributed by atoms with van der Waals surface area (Å²) >= 11 is 0. The van der Waals surface area contributed by atoms with Crippen LogP contribution in [0.3, 0.4) is 0 Å². The lowest BCUT2D eigenvalue weighted by Crippen LogP contribution is -2.05. The Hall–Kier alpha value is -2.29. The summed E-state index contributed by atoms with van der Waals surface area (Å²) in [6.45, 7) is 0.299. The van der Waals surface area contributed by atoms with E-state index in [-0.39, 0.29) is 5.97 Å². The molecule has 1 N–H and O–H groups in total. The summed E-state index contributed by atoms with van der Waals surface area (Å²) in [5.74, 6) is -0.304. The highest BCUT2D eigenvalue weighted by atomic mass is 16.5. The Kier molecular flexibility index (Phi) is 3.97. The predicted molar refractivity (Wildman–Crippen MR) is 71.6 cm³/mol. The van der Waals surface area contributed by atoms with Crippen LogP contribution in [0.1, 0.15) is 15.9 Å². The van der Waals surface area contributed by atoms with Gasteiger partial charge in [0.2, 0.25) is 0 Å². The lowest BCUT2D eigenvalue weighted by Gasteiger charge is -2.05. The zero-order valence-corrected chi connectivity index (χ0v) is 10.2. The van der Waals surface area contributed by atoms with Crippen molar-refractivity contribution < 1.29 is 9.53 Å². The van der Waals surface area contributed by atoms with Crippen molar-refractivity contribution in [1.82, 2.24) is 0 Å². The molecule has 0 spiro atoms. The van der Waals surface area contributed by atoms with Gasteiger partial charge in [0, 0.05) is 12.7 Å². The van der Waals surface area contributed by atoms with Crippen molar-refractivity contribution in [2.24, 2.45) is 0 Å². The van der Waals surface area contributed by atoms with E-state index in [1.54, 1.807) is 12.1 Å². The van der Waals surface area contributed by atoms with Crippen molar-refractivity contribution in [2.45, 2.75) is 6.61 Å². The maximum Gasteiger partial charge on any atom is 0.338 e. The molecule has 0 heterocycles. The Morgan fingerprint density at radius 2 is 1.72 bits per heavy atom. The number of carbonyl (C=O) groups is 1. The van der Waals surface area contributed by atoms with Crippen LogP contribution in [-0.2, 0) is 11.3 Å². The first kappa shape index (κ1) is 12.2. The Morgan fingerprint density at radius 3 is 2.33 bits per heavy atom. The van der Waals surface area contributed by atoms with Crippen LogP contribution in [0.2, 0.25) is 0 Å². The number of rotatable bonds is 4. The molecular weight excluding hydrogens is 226 g/mol. The van der Waals surface area contributed by atoms with E-state index in [0.29, 0.717) is 12.2 Å². The van der Waals surface area contributed by atoms with Gasteiger partial charge in [0.25, 0.3) is 0 Å². The second-order valence-corrected chi connectivity index (χ2v) is 3.89. The second kappa shape index (κ2) is 5.87. The molecule has 0 amide bonds. The van der Waals surface area contributed by atoms with Gasteiger partial charge in [0.1, 0.15) is 6.61 Å². The Balaban J connectivity index is 1.95. The molecule has 3 nitrogen and oxygen atoms in total. The quantitative estimate of drug-likeness (QED) is 0.836. The number of nitrogens with one attached hydrogen (secondary N) is 1. The number of esters is 1. The average molecular weight is 241 g/mol. The van der Waals surface area contributed by atoms with E-state index in [9.17, 15) is 4.79 Å². The summed E-state index contributed by atoms with van der Waals surface area (Å²) in [6.07, 6.45) is 0. The van der Waals surface area contributed by atoms with Crippen LogP contribution >= 0.6 is 0 Å². The van der Waals surface area contributed by atoms with Gasteiger partial charge in [-0.2, -0.15) is 0 Å². The largest absolute Gasteiger partial charge is 0.457 e. The molecule has 0 atom stereocenters. The summed E-state index contributed by atoms with van der Waals surface area (Å²) < 4.78 is 5.23.